The minimum absolute atomic E-state index is 0.0916. The summed E-state index contributed by atoms with van der Waals surface area (Å²) in [7, 11) is 0. The van der Waals surface area contributed by atoms with Crippen LogP contribution in [0.4, 0.5) is 5.69 Å². The largest absolute Gasteiger partial charge is 0.475 e. The third-order valence-electron chi connectivity index (χ3n) is 4.12. The number of hydrogen-bond acceptors (Lipinski definition) is 4. The van der Waals surface area contributed by atoms with E-state index in [9.17, 15) is 14.9 Å². The Morgan fingerprint density at radius 3 is 2.64 bits per heavy atom. The Kier molecular flexibility index (Phi) is 4.27. The molecular formula is C19H18N2O4. The van der Waals surface area contributed by atoms with Crippen LogP contribution >= 0.6 is 0 Å². The average Bonchev–Trinajstić information content (AvgIpc) is 2.91. The van der Waals surface area contributed by atoms with Crippen LogP contribution in [0.25, 0.3) is 10.9 Å². The SMILES string of the molecule is Cc1ccc(O[C@H](C)C(=O)c2c(C)[nH]c3ccccc23)c([N+](=O)[O-])c1. The Bertz CT molecular complexity index is 975. The van der Waals surface area contributed by atoms with Crippen molar-refractivity contribution in [3.63, 3.8) is 0 Å². The number of ether oxygens (including phenoxy) is 1. The lowest BCUT2D eigenvalue weighted by molar-refractivity contribution is -0.386. The summed E-state index contributed by atoms with van der Waals surface area (Å²) < 4.78 is 5.65. The highest BCUT2D eigenvalue weighted by molar-refractivity contribution is 6.11. The minimum Gasteiger partial charge on any atom is -0.475 e. The maximum atomic E-state index is 12.9. The molecule has 0 bridgehead atoms. The van der Waals surface area contributed by atoms with Gasteiger partial charge in [-0.2, -0.15) is 0 Å². The van der Waals surface area contributed by atoms with Crippen LogP contribution in [0.5, 0.6) is 5.75 Å². The van der Waals surface area contributed by atoms with Gasteiger partial charge in [-0.15, -0.1) is 0 Å². The van der Waals surface area contributed by atoms with Crippen molar-refractivity contribution in [3.8, 4) is 5.75 Å². The number of hydrogen-bond donors (Lipinski definition) is 1. The molecule has 0 aliphatic carbocycles. The number of Topliss-reactive ketones (excluding diaryl/α,β-unsaturated/α-hetero) is 1. The van der Waals surface area contributed by atoms with Crippen LogP contribution in [0.3, 0.4) is 0 Å². The molecule has 0 saturated heterocycles. The highest BCUT2D eigenvalue weighted by Crippen LogP contribution is 2.30. The van der Waals surface area contributed by atoms with Gasteiger partial charge >= 0.3 is 5.69 Å². The molecule has 1 aromatic heterocycles. The van der Waals surface area contributed by atoms with E-state index in [1.807, 2.05) is 31.2 Å². The first-order chi connectivity index (χ1) is 11.9. The second kappa shape index (κ2) is 6.39. The lowest BCUT2D eigenvalue weighted by atomic mass is 10.0. The van der Waals surface area contributed by atoms with Gasteiger partial charge in [0.15, 0.2) is 11.9 Å². The topological polar surface area (TPSA) is 85.2 Å². The zero-order valence-corrected chi connectivity index (χ0v) is 14.2. The molecule has 1 heterocycles. The van der Waals surface area contributed by atoms with E-state index in [1.165, 1.54) is 12.1 Å². The fraction of sp³-hybridized carbons (Fsp3) is 0.211. The number of aromatic amines is 1. The van der Waals surface area contributed by atoms with Crippen molar-refractivity contribution in [2.45, 2.75) is 26.9 Å². The molecule has 3 rings (SSSR count). The minimum atomic E-state index is -0.848. The predicted octanol–water partition coefficient (Wildman–Crippen LogP) is 4.34. The van der Waals surface area contributed by atoms with Gasteiger partial charge in [0.2, 0.25) is 5.78 Å². The van der Waals surface area contributed by atoms with Crippen molar-refractivity contribution in [1.82, 2.24) is 4.98 Å². The van der Waals surface area contributed by atoms with E-state index in [2.05, 4.69) is 4.98 Å². The number of carbonyl (C=O) groups excluding carboxylic acids is 1. The van der Waals surface area contributed by atoms with Crippen molar-refractivity contribution in [3.05, 3.63) is 69.4 Å². The Labute approximate surface area is 144 Å². The summed E-state index contributed by atoms with van der Waals surface area (Å²) in [4.78, 5) is 26.8. The van der Waals surface area contributed by atoms with E-state index in [-0.39, 0.29) is 17.2 Å². The summed E-state index contributed by atoms with van der Waals surface area (Å²) in [5.74, 6) is -0.126. The average molecular weight is 338 g/mol. The summed E-state index contributed by atoms with van der Waals surface area (Å²) >= 11 is 0. The maximum absolute atomic E-state index is 12.9. The summed E-state index contributed by atoms with van der Waals surface area (Å²) in [5, 5.41) is 12.0. The molecule has 0 aliphatic heterocycles. The second-order valence-corrected chi connectivity index (χ2v) is 6.02. The van der Waals surface area contributed by atoms with E-state index >= 15 is 0 Å². The monoisotopic (exact) mass is 338 g/mol. The standard InChI is InChI=1S/C19H18N2O4/c1-11-8-9-17(16(10-11)21(23)24)25-13(3)19(22)18-12(2)20-15-7-5-4-6-14(15)18/h4-10,13,20H,1-3H3/t13-/m1/s1. The van der Waals surface area contributed by atoms with E-state index in [0.717, 1.165) is 22.2 Å². The molecule has 0 spiro atoms. The molecule has 1 N–H and O–H groups in total. The number of aryl methyl sites for hydroxylation is 2. The lowest BCUT2D eigenvalue weighted by Crippen LogP contribution is -2.24. The van der Waals surface area contributed by atoms with Crippen LogP contribution in [-0.2, 0) is 0 Å². The van der Waals surface area contributed by atoms with Gasteiger partial charge in [-0.1, -0.05) is 24.3 Å². The number of nitrogens with one attached hydrogen (secondary N) is 1. The fourth-order valence-electron chi connectivity index (χ4n) is 2.91. The number of H-pyrrole nitrogens is 1. The van der Waals surface area contributed by atoms with Gasteiger partial charge in [-0.05, 0) is 38.5 Å². The zero-order chi connectivity index (χ0) is 18.1. The molecule has 0 fully saturated rings. The van der Waals surface area contributed by atoms with Crippen LogP contribution in [0, 0.1) is 24.0 Å². The first kappa shape index (κ1) is 16.7. The van der Waals surface area contributed by atoms with E-state index in [0.29, 0.717) is 5.56 Å². The molecule has 128 valence electrons. The third-order valence-corrected chi connectivity index (χ3v) is 4.12. The molecule has 1 atom stereocenters. The molecule has 0 aliphatic rings. The number of fused-ring (bicyclic) bond motifs is 1. The molecule has 25 heavy (non-hydrogen) atoms. The van der Waals surface area contributed by atoms with Crippen molar-refractivity contribution in [2.75, 3.05) is 0 Å². The summed E-state index contributed by atoms with van der Waals surface area (Å²) in [6.45, 7) is 5.20. The quantitative estimate of drug-likeness (QED) is 0.426. The van der Waals surface area contributed by atoms with Crippen molar-refractivity contribution >= 4 is 22.4 Å². The highest BCUT2D eigenvalue weighted by Gasteiger charge is 2.25. The van der Waals surface area contributed by atoms with E-state index < -0.39 is 11.0 Å². The second-order valence-electron chi connectivity index (χ2n) is 6.02. The number of rotatable bonds is 5. The summed E-state index contributed by atoms with van der Waals surface area (Å²) in [6.07, 6.45) is -0.848. The number of benzene rings is 2. The summed E-state index contributed by atoms with van der Waals surface area (Å²) in [5.41, 5.74) is 2.79. The molecular weight excluding hydrogens is 320 g/mol. The molecule has 3 aromatic rings. The predicted molar refractivity (Wildman–Crippen MR) is 95.3 cm³/mol. The van der Waals surface area contributed by atoms with Crippen LogP contribution in [0.15, 0.2) is 42.5 Å². The number of carbonyl (C=O) groups is 1. The van der Waals surface area contributed by atoms with Gasteiger partial charge in [-0.3, -0.25) is 14.9 Å². The van der Waals surface area contributed by atoms with Crippen LogP contribution in [0.2, 0.25) is 0 Å². The van der Waals surface area contributed by atoms with Crippen LogP contribution < -0.4 is 4.74 Å². The molecule has 2 aromatic carbocycles. The van der Waals surface area contributed by atoms with Gasteiger partial charge in [0.05, 0.1) is 4.92 Å². The molecule has 0 unspecified atom stereocenters. The Balaban J connectivity index is 1.94. The van der Waals surface area contributed by atoms with Gasteiger partial charge in [0.25, 0.3) is 0 Å². The molecule has 6 nitrogen and oxygen atoms in total. The van der Waals surface area contributed by atoms with Crippen molar-refractivity contribution < 1.29 is 14.5 Å². The van der Waals surface area contributed by atoms with Crippen LogP contribution in [-0.4, -0.2) is 21.8 Å². The van der Waals surface area contributed by atoms with Gasteiger partial charge in [-0.25, -0.2) is 0 Å². The Hall–Kier alpha value is -3.15. The number of para-hydroxylation sites is 1. The first-order valence-corrected chi connectivity index (χ1v) is 7.91. The fourth-order valence-corrected chi connectivity index (χ4v) is 2.91. The number of nitro groups is 1. The van der Waals surface area contributed by atoms with Crippen molar-refractivity contribution in [2.24, 2.45) is 0 Å². The number of aromatic nitrogens is 1. The normalized spacial score (nSPS) is 12.1. The molecule has 6 heteroatoms. The third kappa shape index (κ3) is 3.10. The Morgan fingerprint density at radius 1 is 1.20 bits per heavy atom. The number of ketones is 1. The molecule has 0 saturated carbocycles. The Morgan fingerprint density at radius 2 is 1.92 bits per heavy atom. The van der Waals surface area contributed by atoms with Gasteiger partial charge in [0.1, 0.15) is 0 Å². The smallest absolute Gasteiger partial charge is 0.311 e. The maximum Gasteiger partial charge on any atom is 0.311 e. The highest BCUT2D eigenvalue weighted by atomic mass is 16.6. The van der Waals surface area contributed by atoms with E-state index in [4.69, 9.17) is 4.74 Å². The molecule has 0 amide bonds. The zero-order valence-electron chi connectivity index (χ0n) is 14.2. The van der Waals surface area contributed by atoms with Crippen molar-refractivity contribution in [1.29, 1.82) is 0 Å². The van der Waals surface area contributed by atoms with Gasteiger partial charge in [0, 0.05) is 28.2 Å². The van der Waals surface area contributed by atoms with Gasteiger partial charge < -0.3 is 9.72 Å². The van der Waals surface area contributed by atoms with E-state index in [1.54, 1.807) is 19.9 Å². The number of nitrogens with zero attached hydrogens (tertiary/aromatic N) is 1. The first-order valence-electron chi connectivity index (χ1n) is 7.91. The van der Waals surface area contributed by atoms with Crippen LogP contribution in [0.1, 0.15) is 28.5 Å². The molecule has 0 radical (unpaired) electrons. The summed E-state index contributed by atoms with van der Waals surface area (Å²) in [6, 6.07) is 12.2. The lowest BCUT2D eigenvalue weighted by Gasteiger charge is -2.14. The number of nitro benzene ring substituents is 1.